The van der Waals surface area contributed by atoms with Gasteiger partial charge in [-0.2, -0.15) is 0 Å². The standard InChI is InChI=1S/C21H29N3O2S/c1-15-16(2)24(18-9-5-6-10-18)21(23-15)27-14-20(25)22-13-12-17-8-4-7-11-19(17)26-3/h4,7-8,11,18H,5-6,9-10,12-14H2,1-3H3,(H,22,25). The Hall–Kier alpha value is -1.95. The van der Waals surface area contributed by atoms with Crippen LogP contribution in [0, 0.1) is 13.8 Å². The highest BCUT2D eigenvalue weighted by Crippen LogP contribution is 2.35. The van der Waals surface area contributed by atoms with Crippen LogP contribution in [0.2, 0.25) is 0 Å². The zero-order valence-electron chi connectivity index (χ0n) is 16.5. The Labute approximate surface area is 165 Å². The number of aryl methyl sites for hydroxylation is 1. The molecule has 0 unspecified atom stereocenters. The van der Waals surface area contributed by atoms with E-state index in [9.17, 15) is 4.79 Å². The highest BCUT2D eigenvalue weighted by Gasteiger charge is 2.23. The molecular formula is C21H29N3O2S. The second-order valence-corrected chi connectivity index (χ2v) is 8.02. The molecule has 1 N–H and O–H groups in total. The van der Waals surface area contributed by atoms with E-state index >= 15 is 0 Å². The number of hydrogen-bond acceptors (Lipinski definition) is 4. The molecule has 2 aromatic rings. The van der Waals surface area contributed by atoms with E-state index in [-0.39, 0.29) is 5.91 Å². The molecule has 0 bridgehead atoms. The Kier molecular flexibility index (Phi) is 6.83. The topological polar surface area (TPSA) is 56.1 Å². The van der Waals surface area contributed by atoms with E-state index < -0.39 is 0 Å². The first-order valence-corrected chi connectivity index (χ1v) is 10.7. The van der Waals surface area contributed by atoms with Crippen LogP contribution in [0.3, 0.4) is 0 Å². The van der Waals surface area contributed by atoms with Crippen LogP contribution in [0.4, 0.5) is 0 Å². The van der Waals surface area contributed by atoms with Crippen molar-refractivity contribution in [3.05, 3.63) is 41.2 Å². The Morgan fingerprint density at radius 3 is 2.78 bits per heavy atom. The molecule has 0 saturated heterocycles. The van der Waals surface area contributed by atoms with Gasteiger partial charge in [-0.15, -0.1) is 0 Å². The molecule has 1 aromatic heterocycles. The number of amides is 1. The van der Waals surface area contributed by atoms with E-state index in [0.717, 1.165) is 28.6 Å². The van der Waals surface area contributed by atoms with Crippen LogP contribution >= 0.6 is 11.8 Å². The molecule has 5 nitrogen and oxygen atoms in total. The third kappa shape index (κ3) is 4.86. The predicted octanol–water partition coefficient (Wildman–Crippen LogP) is 4.07. The molecule has 6 heteroatoms. The van der Waals surface area contributed by atoms with Gasteiger partial charge in [-0.05, 0) is 44.7 Å². The van der Waals surface area contributed by atoms with Crippen LogP contribution in [-0.2, 0) is 11.2 Å². The molecule has 27 heavy (non-hydrogen) atoms. The smallest absolute Gasteiger partial charge is 0.230 e. The second kappa shape index (κ2) is 9.31. The van der Waals surface area contributed by atoms with Gasteiger partial charge in [0.2, 0.25) is 5.91 Å². The van der Waals surface area contributed by atoms with E-state index in [1.807, 2.05) is 24.3 Å². The van der Waals surface area contributed by atoms with Crippen molar-refractivity contribution in [2.45, 2.75) is 57.1 Å². The third-order valence-electron chi connectivity index (χ3n) is 5.29. The van der Waals surface area contributed by atoms with Crippen molar-refractivity contribution in [1.29, 1.82) is 0 Å². The van der Waals surface area contributed by atoms with Gasteiger partial charge in [0.25, 0.3) is 0 Å². The number of carbonyl (C=O) groups is 1. The molecule has 1 fully saturated rings. The Morgan fingerprint density at radius 2 is 2.04 bits per heavy atom. The van der Waals surface area contributed by atoms with E-state index in [1.165, 1.54) is 31.4 Å². The van der Waals surface area contributed by atoms with Crippen LogP contribution in [0.15, 0.2) is 29.4 Å². The summed E-state index contributed by atoms with van der Waals surface area (Å²) in [6, 6.07) is 8.46. The molecule has 0 atom stereocenters. The molecule has 146 valence electrons. The van der Waals surface area contributed by atoms with E-state index in [4.69, 9.17) is 9.72 Å². The fourth-order valence-corrected chi connectivity index (χ4v) is 4.71. The minimum absolute atomic E-state index is 0.0474. The molecule has 1 aliphatic carbocycles. The first-order valence-electron chi connectivity index (χ1n) is 9.67. The number of imidazole rings is 1. The Morgan fingerprint density at radius 1 is 1.30 bits per heavy atom. The van der Waals surface area contributed by atoms with Gasteiger partial charge in [0, 0.05) is 18.3 Å². The number of carbonyl (C=O) groups excluding carboxylic acids is 1. The highest BCUT2D eigenvalue weighted by molar-refractivity contribution is 7.99. The molecule has 1 amide bonds. The average Bonchev–Trinajstić information content (AvgIpc) is 3.29. The number of nitrogens with one attached hydrogen (secondary N) is 1. The minimum Gasteiger partial charge on any atom is -0.496 e. The van der Waals surface area contributed by atoms with Crippen molar-refractivity contribution in [3.63, 3.8) is 0 Å². The summed E-state index contributed by atoms with van der Waals surface area (Å²) in [5, 5.41) is 3.99. The van der Waals surface area contributed by atoms with Gasteiger partial charge in [0.15, 0.2) is 5.16 Å². The Bertz CT molecular complexity index is 782. The summed E-state index contributed by atoms with van der Waals surface area (Å²) in [5.41, 5.74) is 3.41. The van der Waals surface area contributed by atoms with Crippen LogP contribution in [0.1, 0.15) is 48.7 Å². The summed E-state index contributed by atoms with van der Waals surface area (Å²) in [7, 11) is 1.67. The lowest BCUT2D eigenvalue weighted by molar-refractivity contribution is -0.118. The van der Waals surface area contributed by atoms with Gasteiger partial charge >= 0.3 is 0 Å². The van der Waals surface area contributed by atoms with Crippen LogP contribution in [0.25, 0.3) is 0 Å². The molecule has 0 radical (unpaired) electrons. The predicted molar refractivity (Wildman–Crippen MR) is 110 cm³/mol. The van der Waals surface area contributed by atoms with Gasteiger partial charge in [-0.1, -0.05) is 42.8 Å². The van der Waals surface area contributed by atoms with Crippen molar-refractivity contribution >= 4 is 17.7 Å². The van der Waals surface area contributed by atoms with Crippen molar-refractivity contribution in [2.75, 3.05) is 19.4 Å². The third-order valence-corrected chi connectivity index (χ3v) is 6.24. The fraction of sp³-hybridized carbons (Fsp3) is 0.524. The molecule has 1 aliphatic rings. The highest BCUT2D eigenvalue weighted by atomic mass is 32.2. The maximum absolute atomic E-state index is 12.3. The number of hydrogen-bond donors (Lipinski definition) is 1. The molecule has 0 spiro atoms. The number of aromatic nitrogens is 2. The zero-order valence-corrected chi connectivity index (χ0v) is 17.3. The van der Waals surface area contributed by atoms with Gasteiger partial charge in [0.1, 0.15) is 5.75 Å². The van der Waals surface area contributed by atoms with Gasteiger partial charge in [-0.3, -0.25) is 4.79 Å². The number of nitrogens with zero attached hydrogens (tertiary/aromatic N) is 2. The van der Waals surface area contributed by atoms with Crippen molar-refractivity contribution in [3.8, 4) is 5.75 Å². The second-order valence-electron chi connectivity index (χ2n) is 7.07. The summed E-state index contributed by atoms with van der Waals surface area (Å²) in [4.78, 5) is 17.0. The summed E-state index contributed by atoms with van der Waals surface area (Å²) >= 11 is 1.55. The number of methoxy groups -OCH3 is 1. The SMILES string of the molecule is COc1ccccc1CCNC(=O)CSc1nc(C)c(C)n1C1CCCC1. The summed E-state index contributed by atoms with van der Waals surface area (Å²) < 4.78 is 7.71. The van der Waals surface area contributed by atoms with Crippen LogP contribution in [0.5, 0.6) is 5.75 Å². The van der Waals surface area contributed by atoms with Crippen LogP contribution < -0.4 is 10.1 Å². The number of thioether (sulfide) groups is 1. The molecule has 1 saturated carbocycles. The number of benzene rings is 1. The normalized spacial score (nSPS) is 14.5. The van der Waals surface area contributed by atoms with Crippen molar-refractivity contribution < 1.29 is 9.53 Å². The van der Waals surface area contributed by atoms with Gasteiger partial charge in [0.05, 0.1) is 18.6 Å². The molecule has 1 aromatic carbocycles. The lowest BCUT2D eigenvalue weighted by Gasteiger charge is -2.17. The summed E-state index contributed by atoms with van der Waals surface area (Å²) in [6.07, 6.45) is 5.77. The van der Waals surface area contributed by atoms with Crippen molar-refractivity contribution in [2.24, 2.45) is 0 Å². The number of rotatable bonds is 8. The van der Waals surface area contributed by atoms with Crippen molar-refractivity contribution in [1.82, 2.24) is 14.9 Å². The Balaban J connectivity index is 1.51. The molecular weight excluding hydrogens is 358 g/mol. The zero-order chi connectivity index (χ0) is 19.2. The summed E-state index contributed by atoms with van der Waals surface area (Å²) in [5.74, 6) is 1.31. The van der Waals surface area contributed by atoms with Gasteiger partial charge in [-0.25, -0.2) is 4.98 Å². The van der Waals surface area contributed by atoms with Crippen LogP contribution in [-0.4, -0.2) is 34.9 Å². The fourth-order valence-electron chi connectivity index (χ4n) is 3.72. The minimum atomic E-state index is 0.0474. The van der Waals surface area contributed by atoms with E-state index in [1.54, 1.807) is 18.9 Å². The number of para-hydroxylation sites is 1. The maximum Gasteiger partial charge on any atom is 0.230 e. The maximum atomic E-state index is 12.3. The van der Waals surface area contributed by atoms with E-state index in [2.05, 4.69) is 23.7 Å². The number of ether oxygens (including phenoxy) is 1. The summed E-state index contributed by atoms with van der Waals surface area (Å²) in [6.45, 7) is 4.80. The molecule has 0 aliphatic heterocycles. The monoisotopic (exact) mass is 387 g/mol. The molecule has 3 rings (SSSR count). The first-order chi connectivity index (χ1) is 13.1. The lowest BCUT2D eigenvalue weighted by atomic mass is 10.1. The average molecular weight is 388 g/mol. The lowest BCUT2D eigenvalue weighted by Crippen LogP contribution is -2.27. The largest absolute Gasteiger partial charge is 0.496 e. The molecule has 1 heterocycles. The quantitative estimate of drug-likeness (QED) is 0.694. The first kappa shape index (κ1) is 19.8. The van der Waals surface area contributed by atoms with Gasteiger partial charge < -0.3 is 14.6 Å². The van der Waals surface area contributed by atoms with E-state index in [0.29, 0.717) is 18.3 Å².